The maximum absolute atomic E-state index is 12.3. The zero-order chi connectivity index (χ0) is 19.4. The topological polar surface area (TPSA) is 135 Å². The van der Waals surface area contributed by atoms with Gasteiger partial charge in [-0.2, -0.15) is 0 Å². The van der Waals surface area contributed by atoms with Crippen LogP contribution in [0.5, 0.6) is 0 Å². The summed E-state index contributed by atoms with van der Waals surface area (Å²) in [6.07, 6.45) is 0. The molecule has 0 spiro atoms. The van der Waals surface area contributed by atoms with E-state index in [0.717, 1.165) is 6.07 Å². The molecule has 0 radical (unpaired) electrons. The molecule has 1 aliphatic rings. The average molecular weight is 377 g/mol. The van der Waals surface area contributed by atoms with Crippen molar-refractivity contribution in [2.75, 3.05) is 39.3 Å². The molecule has 0 saturated carbocycles. The van der Waals surface area contributed by atoms with E-state index in [0.29, 0.717) is 50.7 Å². The molecule has 11 heteroatoms. The molecule has 144 valence electrons. The number of rotatable bonds is 6. The lowest BCUT2D eigenvalue weighted by atomic mass is 10.2. The molecule has 2 aromatic heterocycles. The molecule has 1 fully saturated rings. The van der Waals surface area contributed by atoms with Gasteiger partial charge in [-0.1, -0.05) is 5.16 Å². The highest BCUT2D eigenvalue weighted by molar-refractivity contribution is 5.92. The Balaban J connectivity index is 1.40. The van der Waals surface area contributed by atoms with Crippen molar-refractivity contribution < 1.29 is 23.5 Å². The van der Waals surface area contributed by atoms with Crippen LogP contribution in [0.2, 0.25) is 0 Å². The molecule has 0 atom stereocenters. The minimum atomic E-state index is -0.697. The van der Waals surface area contributed by atoms with Crippen molar-refractivity contribution in [3.63, 3.8) is 0 Å². The van der Waals surface area contributed by atoms with Gasteiger partial charge in [0.2, 0.25) is 0 Å². The van der Waals surface area contributed by atoms with Crippen molar-refractivity contribution in [1.29, 1.82) is 0 Å². The van der Waals surface area contributed by atoms with Gasteiger partial charge < -0.3 is 19.2 Å². The number of nitro groups is 1. The van der Waals surface area contributed by atoms with Gasteiger partial charge in [0.1, 0.15) is 10.7 Å². The molecular formula is C16H19N5O6. The van der Waals surface area contributed by atoms with Gasteiger partial charge in [0, 0.05) is 45.3 Å². The first kappa shape index (κ1) is 18.6. The maximum atomic E-state index is 12.3. The fourth-order valence-corrected chi connectivity index (χ4v) is 2.77. The molecule has 0 aromatic carbocycles. The van der Waals surface area contributed by atoms with Gasteiger partial charge in [-0.25, -0.2) is 0 Å². The Morgan fingerprint density at radius 2 is 2.04 bits per heavy atom. The van der Waals surface area contributed by atoms with Crippen LogP contribution in [-0.4, -0.2) is 71.0 Å². The number of aryl methyl sites for hydroxylation is 1. The summed E-state index contributed by atoms with van der Waals surface area (Å²) in [4.78, 5) is 37.9. The zero-order valence-corrected chi connectivity index (χ0v) is 14.7. The molecule has 0 aliphatic carbocycles. The van der Waals surface area contributed by atoms with Gasteiger partial charge in [0.05, 0.1) is 6.07 Å². The second-order valence-corrected chi connectivity index (χ2v) is 6.11. The van der Waals surface area contributed by atoms with E-state index < -0.39 is 16.7 Å². The number of carbonyl (C=O) groups excluding carboxylic acids is 2. The summed E-state index contributed by atoms with van der Waals surface area (Å²) in [6, 6.07) is 4.02. The van der Waals surface area contributed by atoms with E-state index in [4.69, 9.17) is 8.94 Å². The van der Waals surface area contributed by atoms with Crippen LogP contribution in [0.3, 0.4) is 0 Å². The Hall–Kier alpha value is -3.21. The van der Waals surface area contributed by atoms with Gasteiger partial charge in [0.25, 0.3) is 11.8 Å². The Kier molecular flexibility index (Phi) is 5.50. The van der Waals surface area contributed by atoms with E-state index in [2.05, 4.69) is 15.4 Å². The normalized spacial score (nSPS) is 14.9. The zero-order valence-electron chi connectivity index (χ0n) is 14.7. The fraction of sp³-hybridized carbons (Fsp3) is 0.438. The second-order valence-electron chi connectivity index (χ2n) is 6.11. The Labute approximate surface area is 154 Å². The molecule has 0 bridgehead atoms. The summed E-state index contributed by atoms with van der Waals surface area (Å²) in [5.74, 6) is -0.629. The largest absolute Gasteiger partial charge is 0.433 e. The van der Waals surface area contributed by atoms with Gasteiger partial charge in [-0.05, 0) is 13.0 Å². The van der Waals surface area contributed by atoms with Crippen molar-refractivity contribution >= 4 is 17.7 Å². The third kappa shape index (κ3) is 4.50. The van der Waals surface area contributed by atoms with E-state index in [1.807, 2.05) is 0 Å². The Morgan fingerprint density at radius 3 is 2.63 bits per heavy atom. The summed E-state index contributed by atoms with van der Waals surface area (Å²) in [5, 5.41) is 17.0. The monoisotopic (exact) mass is 377 g/mol. The predicted molar refractivity (Wildman–Crippen MR) is 91.3 cm³/mol. The Bertz CT molecular complexity index is 836. The highest BCUT2D eigenvalue weighted by Gasteiger charge is 2.24. The van der Waals surface area contributed by atoms with E-state index in [-0.39, 0.29) is 11.7 Å². The third-order valence-corrected chi connectivity index (χ3v) is 4.22. The molecule has 3 heterocycles. The molecule has 11 nitrogen and oxygen atoms in total. The van der Waals surface area contributed by atoms with Crippen LogP contribution in [0.25, 0.3) is 0 Å². The van der Waals surface area contributed by atoms with Crippen molar-refractivity contribution in [2.24, 2.45) is 0 Å². The fourth-order valence-electron chi connectivity index (χ4n) is 2.77. The van der Waals surface area contributed by atoms with Gasteiger partial charge in [0.15, 0.2) is 11.5 Å². The average Bonchev–Trinajstić information content (AvgIpc) is 3.31. The quantitative estimate of drug-likeness (QED) is 0.573. The second kappa shape index (κ2) is 7.99. The van der Waals surface area contributed by atoms with Crippen molar-refractivity contribution in [3.8, 4) is 0 Å². The van der Waals surface area contributed by atoms with Crippen molar-refractivity contribution in [2.45, 2.75) is 6.92 Å². The molecule has 1 aliphatic heterocycles. The number of amides is 2. The molecule has 2 amide bonds. The summed E-state index contributed by atoms with van der Waals surface area (Å²) < 4.78 is 9.78. The smallest absolute Gasteiger partial charge is 0.395 e. The van der Waals surface area contributed by atoms with Crippen LogP contribution in [0.4, 0.5) is 5.88 Å². The van der Waals surface area contributed by atoms with Gasteiger partial charge in [-0.3, -0.25) is 24.6 Å². The number of furan rings is 1. The first-order valence-corrected chi connectivity index (χ1v) is 8.41. The lowest BCUT2D eigenvalue weighted by Gasteiger charge is -2.34. The minimum Gasteiger partial charge on any atom is -0.395 e. The Morgan fingerprint density at radius 1 is 1.30 bits per heavy atom. The van der Waals surface area contributed by atoms with E-state index in [9.17, 15) is 19.7 Å². The van der Waals surface area contributed by atoms with E-state index >= 15 is 0 Å². The number of hydrogen-bond acceptors (Lipinski definition) is 8. The molecular weight excluding hydrogens is 358 g/mol. The standard InChI is InChI=1S/C16H19N5O6/c1-11-10-12(18-27-11)16(23)20-8-6-19(7-9-20)5-4-17-15(22)13-2-3-14(26-13)21(24)25/h2-3,10H,4-9H2,1H3,(H,17,22). The number of carbonyl (C=O) groups is 2. The number of nitrogens with zero attached hydrogens (tertiary/aromatic N) is 4. The number of aromatic nitrogens is 1. The van der Waals surface area contributed by atoms with Crippen LogP contribution in [-0.2, 0) is 0 Å². The van der Waals surface area contributed by atoms with Gasteiger partial charge >= 0.3 is 5.88 Å². The first-order chi connectivity index (χ1) is 12.9. The molecule has 1 N–H and O–H groups in total. The summed E-state index contributed by atoms with van der Waals surface area (Å²) in [6.45, 7) is 5.15. The summed E-state index contributed by atoms with van der Waals surface area (Å²) >= 11 is 0. The molecule has 3 rings (SSSR count). The third-order valence-electron chi connectivity index (χ3n) is 4.22. The maximum Gasteiger partial charge on any atom is 0.433 e. The first-order valence-electron chi connectivity index (χ1n) is 8.41. The highest BCUT2D eigenvalue weighted by Crippen LogP contribution is 2.15. The molecule has 1 saturated heterocycles. The molecule has 2 aromatic rings. The molecule has 0 unspecified atom stereocenters. The van der Waals surface area contributed by atoms with Gasteiger partial charge in [-0.15, -0.1) is 0 Å². The SMILES string of the molecule is Cc1cc(C(=O)N2CCN(CCNC(=O)c3ccc([N+](=O)[O-])o3)CC2)no1. The van der Waals surface area contributed by atoms with Crippen molar-refractivity contribution in [3.05, 3.63) is 45.5 Å². The van der Waals surface area contributed by atoms with Crippen LogP contribution in [0, 0.1) is 17.0 Å². The minimum absolute atomic E-state index is 0.0972. The van der Waals surface area contributed by atoms with Crippen LogP contribution >= 0.6 is 0 Å². The molecule has 27 heavy (non-hydrogen) atoms. The summed E-state index contributed by atoms with van der Waals surface area (Å²) in [5.41, 5.74) is 0.306. The lowest BCUT2D eigenvalue weighted by Crippen LogP contribution is -2.50. The van der Waals surface area contributed by atoms with E-state index in [1.54, 1.807) is 17.9 Å². The van der Waals surface area contributed by atoms with E-state index in [1.165, 1.54) is 6.07 Å². The summed E-state index contributed by atoms with van der Waals surface area (Å²) in [7, 11) is 0. The van der Waals surface area contributed by atoms with Crippen LogP contribution < -0.4 is 5.32 Å². The van der Waals surface area contributed by atoms with Crippen molar-refractivity contribution in [1.82, 2.24) is 20.3 Å². The lowest BCUT2D eigenvalue weighted by molar-refractivity contribution is -0.402. The van der Waals surface area contributed by atoms with Crippen LogP contribution in [0.1, 0.15) is 26.8 Å². The predicted octanol–water partition coefficient (Wildman–Crippen LogP) is 0.672. The number of piperazine rings is 1. The number of hydrogen-bond donors (Lipinski definition) is 1. The highest BCUT2D eigenvalue weighted by atomic mass is 16.6. The number of nitrogens with one attached hydrogen (secondary N) is 1. The van der Waals surface area contributed by atoms with Crippen LogP contribution in [0.15, 0.2) is 27.1 Å².